The highest BCUT2D eigenvalue weighted by Gasteiger charge is 2.30. The number of piperidine rings is 1. The SMILES string of the molecule is N=C1CCN(CC(=O)N2CCN(C3CCC3)CC2)C/C1=C/Nc1ccnc(C2CC2)c1. The standard InChI is InChI=1S/C24H34N6O/c25-22-7-9-28(17-24(31)30-12-10-29(11-13-30)21-2-1-3-21)16-19(22)15-27-20-6-8-26-23(14-20)18-4-5-18/h6,8,14-15,18,21,25H,1-5,7,9-13,16-17H2,(H,26,27)/b19-15-,25-22?. The molecule has 7 heteroatoms. The van der Waals surface area contributed by atoms with Crippen LogP contribution in [0.5, 0.6) is 0 Å². The molecule has 0 unspecified atom stereocenters. The molecule has 1 aromatic rings. The lowest BCUT2D eigenvalue weighted by Gasteiger charge is -2.43. The molecule has 3 heterocycles. The molecule has 7 nitrogen and oxygen atoms in total. The lowest BCUT2D eigenvalue weighted by atomic mass is 9.91. The minimum Gasteiger partial charge on any atom is -0.361 e. The van der Waals surface area contributed by atoms with Crippen molar-refractivity contribution >= 4 is 17.3 Å². The zero-order chi connectivity index (χ0) is 21.2. The molecule has 1 amide bonds. The number of rotatable bonds is 6. The van der Waals surface area contributed by atoms with Gasteiger partial charge in [0.05, 0.1) is 6.54 Å². The lowest BCUT2D eigenvalue weighted by Crippen LogP contribution is -2.55. The van der Waals surface area contributed by atoms with Gasteiger partial charge in [-0.15, -0.1) is 0 Å². The second-order valence-corrected chi connectivity index (χ2v) is 9.50. The molecule has 166 valence electrons. The van der Waals surface area contributed by atoms with E-state index in [-0.39, 0.29) is 5.91 Å². The Morgan fingerprint density at radius 3 is 2.68 bits per heavy atom. The summed E-state index contributed by atoms with van der Waals surface area (Å²) in [7, 11) is 0. The number of carbonyl (C=O) groups excluding carboxylic acids is 1. The van der Waals surface area contributed by atoms with E-state index in [1.807, 2.05) is 23.4 Å². The van der Waals surface area contributed by atoms with Crippen LogP contribution in [0.1, 0.15) is 50.1 Å². The number of aromatic nitrogens is 1. The molecule has 0 bridgehead atoms. The summed E-state index contributed by atoms with van der Waals surface area (Å²) in [5.74, 6) is 0.858. The predicted molar refractivity (Wildman–Crippen MR) is 122 cm³/mol. The molecule has 0 aromatic carbocycles. The minimum atomic E-state index is 0.234. The maximum absolute atomic E-state index is 12.9. The molecule has 2 saturated carbocycles. The summed E-state index contributed by atoms with van der Waals surface area (Å²) in [6.45, 7) is 5.64. The number of piperazine rings is 1. The zero-order valence-corrected chi connectivity index (χ0v) is 18.4. The first-order valence-corrected chi connectivity index (χ1v) is 11.9. The van der Waals surface area contributed by atoms with Crippen molar-refractivity contribution in [1.82, 2.24) is 19.7 Å². The average molecular weight is 423 g/mol. The molecule has 2 N–H and O–H groups in total. The molecule has 2 aliphatic heterocycles. The van der Waals surface area contributed by atoms with E-state index in [0.29, 0.717) is 31.1 Å². The third-order valence-electron chi connectivity index (χ3n) is 7.27. The fourth-order valence-corrected chi connectivity index (χ4v) is 4.80. The van der Waals surface area contributed by atoms with Crippen LogP contribution in [-0.2, 0) is 4.79 Å². The van der Waals surface area contributed by atoms with Crippen LogP contribution in [0.25, 0.3) is 0 Å². The first-order valence-electron chi connectivity index (χ1n) is 11.9. The predicted octanol–water partition coefficient (Wildman–Crippen LogP) is 2.68. The topological polar surface area (TPSA) is 75.6 Å². The number of amides is 1. The number of hydrogen-bond donors (Lipinski definition) is 2. The lowest BCUT2D eigenvalue weighted by molar-refractivity contribution is -0.134. The molecule has 0 spiro atoms. The van der Waals surface area contributed by atoms with Crippen molar-refractivity contribution < 1.29 is 4.79 Å². The first-order chi connectivity index (χ1) is 15.2. The van der Waals surface area contributed by atoms with Gasteiger partial charge in [0.25, 0.3) is 0 Å². The Morgan fingerprint density at radius 2 is 1.97 bits per heavy atom. The molecule has 31 heavy (non-hydrogen) atoms. The second-order valence-electron chi connectivity index (χ2n) is 9.50. The quantitative estimate of drug-likeness (QED) is 0.737. The number of hydrogen-bond acceptors (Lipinski definition) is 6. The van der Waals surface area contributed by atoms with Crippen molar-refractivity contribution in [2.75, 3.05) is 51.1 Å². The van der Waals surface area contributed by atoms with Crippen molar-refractivity contribution in [3.63, 3.8) is 0 Å². The van der Waals surface area contributed by atoms with E-state index in [1.165, 1.54) is 32.1 Å². The zero-order valence-electron chi connectivity index (χ0n) is 18.4. The molecule has 2 aliphatic carbocycles. The molecule has 2 saturated heterocycles. The van der Waals surface area contributed by atoms with Crippen molar-refractivity contribution in [2.24, 2.45) is 0 Å². The van der Waals surface area contributed by atoms with Crippen LogP contribution in [0.3, 0.4) is 0 Å². The van der Waals surface area contributed by atoms with E-state index in [9.17, 15) is 4.79 Å². The van der Waals surface area contributed by atoms with E-state index in [2.05, 4.69) is 26.2 Å². The first kappa shape index (κ1) is 20.6. The molecule has 4 fully saturated rings. The van der Waals surface area contributed by atoms with E-state index in [4.69, 9.17) is 5.41 Å². The number of carbonyl (C=O) groups is 1. The fraction of sp³-hybridized carbons (Fsp3) is 0.625. The van der Waals surface area contributed by atoms with Crippen LogP contribution in [-0.4, -0.2) is 83.2 Å². The monoisotopic (exact) mass is 422 g/mol. The Kier molecular flexibility index (Phi) is 6.05. The van der Waals surface area contributed by atoms with E-state index >= 15 is 0 Å². The van der Waals surface area contributed by atoms with Gasteiger partial charge in [-0.2, -0.15) is 0 Å². The fourth-order valence-electron chi connectivity index (χ4n) is 4.80. The van der Waals surface area contributed by atoms with Gasteiger partial charge in [-0.25, -0.2) is 0 Å². The molecule has 5 rings (SSSR count). The number of nitrogens with one attached hydrogen (secondary N) is 2. The van der Waals surface area contributed by atoms with Crippen LogP contribution in [0.2, 0.25) is 0 Å². The highest BCUT2D eigenvalue weighted by molar-refractivity contribution is 5.99. The number of pyridine rings is 1. The van der Waals surface area contributed by atoms with E-state index in [1.54, 1.807) is 0 Å². The molecule has 1 aromatic heterocycles. The Morgan fingerprint density at radius 1 is 1.16 bits per heavy atom. The van der Waals surface area contributed by atoms with E-state index in [0.717, 1.165) is 55.7 Å². The smallest absolute Gasteiger partial charge is 0.236 e. The Hall–Kier alpha value is -2.25. The minimum absolute atomic E-state index is 0.234. The van der Waals surface area contributed by atoms with Crippen LogP contribution in [0, 0.1) is 5.41 Å². The summed E-state index contributed by atoms with van der Waals surface area (Å²) in [5.41, 5.74) is 3.82. The van der Waals surface area contributed by atoms with Gasteiger partial charge in [-0.05, 0) is 37.8 Å². The van der Waals surface area contributed by atoms with Crippen molar-refractivity contribution in [3.8, 4) is 0 Å². The van der Waals surface area contributed by atoms with Crippen LogP contribution >= 0.6 is 0 Å². The van der Waals surface area contributed by atoms with Gasteiger partial charge in [0.2, 0.25) is 5.91 Å². The van der Waals surface area contributed by atoms with Gasteiger partial charge in [-0.3, -0.25) is 19.6 Å². The van der Waals surface area contributed by atoms with Gasteiger partial charge in [0.15, 0.2) is 0 Å². The largest absolute Gasteiger partial charge is 0.361 e. The number of anilines is 1. The Bertz CT molecular complexity index is 851. The molecule has 4 aliphatic rings. The number of nitrogens with zero attached hydrogens (tertiary/aromatic N) is 4. The van der Waals surface area contributed by atoms with E-state index < -0.39 is 0 Å². The molecular formula is C24H34N6O. The third kappa shape index (κ3) is 4.99. The van der Waals surface area contributed by atoms with Crippen LogP contribution < -0.4 is 5.32 Å². The van der Waals surface area contributed by atoms with Gasteiger partial charge in [-0.1, -0.05) is 6.42 Å². The third-order valence-corrected chi connectivity index (χ3v) is 7.27. The second kappa shape index (κ2) is 9.09. The normalized spacial score (nSPS) is 25.0. The highest BCUT2D eigenvalue weighted by Crippen LogP contribution is 2.39. The molecular weight excluding hydrogens is 388 g/mol. The number of likely N-dealkylation sites (tertiary alicyclic amines) is 1. The van der Waals surface area contributed by atoms with Crippen molar-refractivity contribution in [1.29, 1.82) is 5.41 Å². The molecule has 0 radical (unpaired) electrons. The van der Waals surface area contributed by atoms with Crippen LogP contribution in [0.4, 0.5) is 5.69 Å². The van der Waals surface area contributed by atoms with Gasteiger partial charge in [0, 0.05) is 92.7 Å². The summed E-state index contributed by atoms with van der Waals surface area (Å²) < 4.78 is 0. The van der Waals surface area contributed by atoms with Gasteiger partial charge >= 0.3 is 0 Å². The Labute approximate surface area is 185 Å². The summed E-state index contributed by atoms with van der Waals surface area (Å²) in [5, 5.41) is 11.7. The maximum Gasteiger partial charge on any atom is 0.236 e. The van der Waals surface area contributed by atoms with Crippen LogP contribution in [0.15, 0.2) is 30.1 Å². The van der Waals surface area contributed by atoms with Gasteiger partial charge < -0.3 is 15.6 Å². The maximum atomic E-state index is 12.9. The summed E-state index contributed by atoms with van der Waals surface area (Å²) in [4.78, 5) is 24.1. The summed E-state index contributed by atoms with van der Waals surface area (Å²) in [6.07, 6.45) is 11.0. The molecule has 0 atom stereocenters. The van der Waals surface area contributed by atoms with Gasteiger partial charge in [0.1, 0.15) is 0 Å². The Balaban J connectivity index is 1.13. The van der Waals surface area contributed by atoms with Crippen molar-refractivity contribution in [3.05, 3.63) is 35.8 Å². The van der Waals surface area contributed by atoms with Crippen molar-refractivity contribution in [2.45, 2.75) is 50.5 Å². The highest BCUT2D eigenvalue weighted by atomic mass is 16.2. The summed E-state index contributed by atoms with van der Waals surface area (Å²) >= 11 is 0. The average Bonchev–Trinajstić information content (AvgIpc) is 3.59. The summed E-state index contributed by atoms with van der Waals surface area (Å²) in [6, 6.07) is 4.86.